The second kappa shape index (κ2) is 8.31. The van der Waals surface area contributed by atoms with Crippen molar-refractivity contribution >= 4 is 40.3 Å². The Morgan fingerprint density at radius 2 is 1.94 bits per heavy atom. The van der Waals surface area contributed by atoms with E-state index in [1.165, 1.54) is 6.07 Å². The summed E-state index contributed by atoms with van der Waals surface area (Å²) >= 11 is 6.03. The highest BCUT2D eigenvalue weighted by molar-refractivity contribution is 6.31. The van der Waals surface area contributed by atoms with Crippen LogP contribution in [0.5, 0.6) is 0 Å². The second-order valence-electron chi connectivity index (χ2n) is 7.23. The van der Waals surface area contributed by atoms with E-state index < -0.39 is 28.9 Å². The van der Waals surface area contributed by atoms with Crippen molar-refractivity contribution in [3.8, 4) is 0 Å². The number of amides is 2. The summed E-state index contributed by atoms with van der Waals surface area (Å²) in [4.78, 5) is 55.9. The van der Waals surface area contributed by atoms with Crippen molar-refractivity contribution in [3.63, 3.8) is 0 Å². The minimum atomic E-state index is -2.07. The first-order valence-corrected chi connectivity index (χ1v) is 10.0. The summed E-state index contributed by atoms with van der Waals surface area (Å²) < 4.78 is 6.40. The number of hydrogen-bond acceptors (Lipinski definition) is 6. The van der Waals surface area contributed by atoms with E-state index in [4.69, 9.17) is 16.3 Å². The average molecular weight is 440 g/mol. The lowest BCUT2D eigenvalue weighted by molar-refractivity contribution is -0.161. The Bertz CT molecular complexity index is 1240. The van der Waals surface area contributed by atoms with Crippen LogP contribution in [0, 0.1) is 0 Å². The number of aromatic nitrogens is 2. The first-order valence-electron chi connectivity index (χ1n) is 9.64. The number of rotatable bonds is 4. The van der Waals surface area contributed by atoms with E-state index in [1.54, 1.807) is 36.4 Å². The predicted molar refractivity (Wildman–Crippen MR) is 112 cm³/mol. The lowest BCUT2D eigenvalue weighted by atomic mass is 9.91. The zero-order chi connectivity index (χ0) is 22.0. The molecule has 158 valence electrons. The number of carbonyl (C=O) groups excluding carboxylic acids is 3. The maximum absolute atomic E-state index is 13.3. The van der Waals surface area contributed by atoms with E-state index >= 15 is 0 Å². The number of imide groups is 1. The van der Waals surface area contributed by atoms with Crippen molar-refractivity contribution in [1.82, 2.24) is 14.9 Å². The number of ether oxygens (including phenoxy) is 1. The van der Waals surface area contributed by atoms with Crippen LogP contribution in [-0.4, -0.2) is 27.3 Å². The molecule has 1 N–H and O–H groups in total. The van der Waals surface area contributed by atoms with Crippen molar-refractivity contribution in [1.29, 1.82) is 0 Å². The van der Waals surface area contributed by atoms with Gasteiger partial charge in [-0.3, -0.25) is 24.3 Å². The summed E-state index contributed by atoms with van der Waals surface area (Å²) in [5, 5.41) is 2.66. The van der Waals surface area contributed by atoms with Crippen LogP contribution >= 0.6 is 11.6 Å². The number of nitrogens with one attached hydrogen (secondary N) is 1. The number of nitrogens with zero attached hydrogens (tertiary/aromatic N) is 2. The minimum Gasteiger partial charge on any atom is -0.459 e. The summed E-state index contributed by atoms with van der Waals surface area (Å²) in [6, 6.07) is 13.5. The van der Waals surface area contributed by atoms with E-state index in [9.17, 15) is 19.2 Å². The van der Waals surface area contributed by atoms with Crippen molar-refractivity contribution in [2.24, 2.45) is 0 Å². The van der Waals surface area contributed by atoms with E-state index in [0.717, 1.165) is 10.9 Å². The standard InChI is InChI=1S/C22H18ClN3O5/c23-15-8-9-17-16(11-15)19(28)26(13-24-17)22(10-4-7-18(27)25-20(22)29)21(30)31-12-14-5-2-1-3-6-14/h1-3,5-6,8-9,11,13H,4,7,10,12H2,(H,25,27,29). The summed E-state index contributed by atoms with van der Waals surface area (Å²) in [6.07, 6.45) is 1.29. The minimum absolute atomic E-state index is 0.0427. The molecule has 31 heavy (non-hydrogen) atoms. The molecule has 0 aliphatic carbocycles. The molecule has 0 radical (unpaired) electrons. The molecule has 0 spiro atoms. The Morgan fingerprint density at radius 3 is 2.71 bits per heavy atom. The molecular weight excluding hydrogens is 422 g/mol. The fourth-order valence-corrected chi connectivity index (χ4v) is 3.81. The maximum Gasteiger partial charge on any atom is 0.342 e. The Morgan fingerprint density at radius 1 is 1.16 bits per heavy atom. The van der Waals surface area contributed by atoms with Gasteiger partial charge in [0.2, 0.25) is 11.4 Å². The molecule has 9 heteroatoms. The zero-order valence-corrected chi connectivity index (χ0v) is 17.1. The van der Waals surface area contributed by atoms with E-state index in [1.807, 2.05) is 6.07 Å². The molecule has 1 atom stereocenters. The molecule has 2 amide bonds. The van der Waals surface area contributed by atoms with Gasteiger partial charge >= 0.3 is 5.97 Å². The van der Waals surface area contributed by atoms with Gasteiger partial charge in [0.15, 0.2) is 0 Å². The number of esters is 1. The van der Waals surface area contributed by atoms with E-state index in [0.29, 0.717) is 16.1 Å². The third kappa shape index (κ3) is 3.82. The molecule has 1 fully saturated rings. The quantitative estimate of drug-likeness (QED) is 0.380. The van der Waals surface area contributed by atoms with Gasteiger partial charge in [-0.25, -0.2) is 9.78 Å². The smallest absolute Gasteiger partial charge is 0.342 e. The summed E-state index contributed by atoms with van der Waals surface area (Å²) in [6.45, 7) is -0.0930. The molecule has 1 aromatic heterocycles. The molecule has 4 rings (SSSR count). The van der Waals surface area contributed by atoms with Gasteiger partial charge in [-0.1, -0.05) is 41.9 Å². The maximum atomic E-state index is 13.3. The van der Waals surface area contributed by atoms with Crippen LogP contribution in [0.15, 0.2) is 59.7 Å². The molecule has 1 aliphatic heterocycles. The van der Waals surface area contributed by atoms with Gasteiger partial charge in [-0.2, -0.15) is 0 Å². The monoisotopic (exact) mass is 439 g/mol. The highest BCUT2D eigenvalue weighted by Crippen LogP contribution is 2.28. The van der Waals surface area contributed by atoms with Gasteiger partial charge in [0.05, 0.1) is 17.2 Å². The third-order valence-electron chi connectivity index (χ3n) is 5.25. The van der Waals surface area contributed by atoms with Crippen LogP contribution in [0.1, 0.15) is 24.8 Å². The Kier molecular flexibility index (Phi) is 5.56. The van der Waals surface area contributed by atoms with Gasteiger partial charge in [-0.05, 0) is 36.6 Å². The zero-order valence-electron chi connectivity index (χ0n) is 16.3. The Labute approximate surface area is 181 Å². The normalized spacial score (nSPS) is 19.0. The van der Waals surface area contributed by atoms with E-state index in [2.05, 4.69) is 10.3 Å². The van der Waals surface area contributed by atoms with Crippen LogP contribution < -0.4 is 10.9 Å². The predicted octanol–water partition coefficient (Wildman–Crippen LogP) is 2.32. The van der Waals surface area contributed by atoms with Gasteiger partial charge in [-0.15, -0.1) is 0 Å². The molecule has 1 unspecified atom stereocenters. The van der Waals surface area contributed by atoms with Crippen molar-refractivity contribution in [3.05, 3.63) is 75.8 Å². The van der Waals surface area contributed by atoms with Crippen molar-refractivity contribution in [2.75, 3.05) is 0 Å². The first-order chi connectivity index (χ1) is 14.9. The van der Waals surface area contributed by atoms with Gasteiger partial charge in [0.25, 0.3) is 11.5 Å². The van der Waals surface area contributed by atoms with Gasteiger partial charge in [0, 0.05) is 11.4 Å². The summed E-state index contributed by atoms with van der Waals surface area (Å²) in [5.74, 6) is -2.38. The SMILES string of the molecule is O=C1CCCC(C(=O)OCc2ccccc2)(n2cnc3ccc(Cl)cc3c2=O)C(=O)N1. The number of benzene rings is 2. The fourth-order valence-electron chi connectivity index (χ4n) is 3.64. The van der Waals surface area contributed by atoms with Crippen LogP contribution in [0.25, 0.3) is 10.9 Å². The highest BCUT2D eigenvalue weighted by atomic mass is 35.5. The molecule has 0 bridgehead atoms. The number of carbonyl (C=O) groups is 3. The summed E-state index contributed by atoms with van der Waals surface area (Å²) in [7, 11) is 0. The highest BCUT2D eigenvalue weighted by Gasteiger charge is 2.51. The molecule has 0 saturated carbocycles. The van der Waals surface area contributed by atoms with E-state index in [-0.39, 0.29) is 31.3 Å². The first kappa shape index (κ1) is 20.7. The largest absolute Gasteiger partial charge is 0.459 e. The second-order valence-corrected chi connectivity index (χ2v) is 7.67. The topological polar surface area (TPSA) is 107 Å². The van der Waals surface area contributed by atoms with Crippen molar-refractivity contribution in [2.45, 2.75) is 31.4 Å². The lowest BCUT2D eigenvalue weighted by Crippen LogP contribution is -2.58. The van der Waals surface area contributed by atoms with Crippen LogP contribution in [0.3, 0.4) is 0 Å². The van der Waals surface area contributed by atoms with Crippen LogP contribution in [0.4, 0.5) is 0 Å². The van der Waals surface area contributed by atoms with Gasteiger partial charge < -0.3 is 4.74 Å². The molecular formula is C22H18ClN3O5. The van der Waals surface area contributed by atoms with Crippen LogP contribution in [-0.2, 0) is 31.3 Å². The molecule has 1 saturated heterocycles. The number of hydrogen-bond donors (Lipinski definition) is 1. The molecule has 1 aliphatic rings. The third-order valence-corrected chi connectivity index (χ3v) is 5.49. The van der Waals surface area contributed by atoms with Gasteiger partial charge in [0.1, 0.15) is 6.61 Å². The Hall–Kier alpha value is -3.52. The molecule has 2 heterocycles. The number of halogens is 1. The summed E-state index contributed by atoms with van der Waals surface area (Å²) in [5.41, 5.74) is -1.62. The number of fused-ring (bicyclic) bond motifs is 1. The van der Waals surface area contributed by atoms with Crippen molar-refractivity contribution < 1.29 is 19.1 Å². The molecule has 2 aromatic carbocycles. The Balaban J connectivity index is 1.83. The lowest BCUT2D eigenvalue weighted by Gasteiger charge is -2.30. The molecule has 3 aromatic rings. The van der Waals surface area contributed by atoms with Crippen LogP contribution in [0.2, 0.25) is 5.02 Å². The molecule has 8 nitrogen and oxygen atoms in total. The average Bonchev–Trinajstić information content (AvgIpc) is 2.91. The fraction of sp³-hybridized carbons (Fsp3) is 0.227.